The molecular formula is C12H16O. The number of carbonyl (C=O) groups is 1. The number of carbonyl (C=O) groups excluding carboxylic acids is 1. The normalized spacial score (nSPS) is 33.6. The second-order valence-electron chi connectivity index (χ2n) is 4.43. The summed E-state index contributed by atoms with van der Waals surface area (Å²) in [4.78, 5) is 11.4. The van der Waals surface area contributed by atoms with Crippen LogP contribution in [0.4, 0.5) is 0 Å². The van der Waals surface area contributed by atoms with Gasteiger partial charge in [0.25, 0.3) is 0 Å². The van der Waals surface area contributed by atoms with Crippen LogP contribution >= 0.6 is 0 Å². The lowest BCUT2D eigenvalue weighted by Crippen LogP contribution is -2.20. The van der Waals surface area contributed by atoms with Crippen molar-refractivity contribution in [3.05, 3.63) is 23.8 Å². The standard InChI is InChI=1S/C12H16O/c1-12-7-3-2-5-10(12)9-11(13)6-4-8-12/h2-3,9H,4-8H2,1H3/t12-/m1/s1. The molecule has 0 spiro atoms. The molecule has 1 heteroatoms. The minimum Gasteiger partial charge on any atom is -0.295 e. The summed E-state index contributed by atoms with van der Waals surface area (Å²) in [5.41, 5.74) is 1.65. The Morgan fingerprint density at radius 3 is 3.08 bits per heavy atom. The molecule has 2 aliphatic rings. The van der Waals surface area contributed by atoms with Gasteiger partial charge >= 0.3 is 0 Å². The van der Waals surface area contributed by atoms with Crippen molar-refractivity contribution in [2.24, 2.45) is 5.41 Å². The summed E-state index contributed by atoms with van der Waals surface area (Å²) in [7, 11) is 0. The van der Waals surface area contributed by atoms with Crippen LogP contribution in [0, 0.1) is 5.41 Å². The summed E-state index contributed by atoms with van der Waals surface area (Å²) in [6, 6.07) is 0. The van der Waals surface area contributed by atoms with Crippen LogP contribution in [0.2, 0.25) is 0 Å². The third-order valence-corrected chi connectivity index (χ3v) is 3.33. The molecule has 0 bridgehead atoms. The van der Waals surface area contributed by atoms with Crippen molar-refractivity contribution in [3.63, 3.8) is 0 Å². The molecule has 0 aromatic carbocycles. The van der Waals surface area contributed by atoms with Gasteiger partial charge in [0.15, 0.2) is 5.78 Å². The molecule has 2 aliphatic carbocycles. The predicted molar refractivity (Wildman–Crippen MR) is 53.4 cm³/mol. The fourth-order valence-corrected chi connectivity index (χ4v) is 2.35. The van der Waals surface area contributed by atoms with Gasteiger partial charge in [-0.2, -0.15) is 0 Å². The molecule has 1 atom stereocenters. The minimum absolute atomic E-state index is 0.293. The van der Waals surface area contributed by atoms with Crippen LogP contribution in [0.15, 0.2) is 23.8 Å². The molecule has 0 heterocycles. The first-order chi connectivity index (χ1) is 6.21. The molecule has 0 saturated carbocycles. The van der Waals surface area contributed by atoms with Crippen molar-refractivity contribution >= 4 is 5.78 Å². The number of allylic oxidation sites excluding steroid dienone is 4. The van der Waals surface area contributed by atoms with Crippen molar-refractivity contribution < 1.29 is 4.79 Å². The molecule has 0 amide bonds. The highest BCUT2D eigenvalue weighted by atomic mass is 16.1. The lowest BCUT2D eigenvalue weighted by Gasteiger charge is -2.32. The minimum atomic E-state index is 0.293. The van der Waals surface area contributed by atoms with E-state index >= 15 is 0 Å². The van der Waals surface area contributed by atoms with E-state index in [-0.39, 0.29) is 0 Å². The van der Waals surface area contributed by atoms with Crippen molar-refractivity contribution in [1.82, 2.24) is 0 Å². The summed E-state index contributed by atoms with van der Waals surface area (Å²) in [5.74, 6) is 0.328. The topological polar surface area (TPSA) is 17.1 Å². The molecule has 0 saturated heterocycles. The highest BCUT2D eigenvalue weighted by Gasteiger charge is 2.31. The summed E-state index contributed by atoms with van der Waals surface area (Å²) < 4.78 is 0. The number of hydrogen-bond donors (Lipinski definition) is 0. The molecule has 0 N–H and O–H groups in total. The van der Waals surface area contributed by atoms with E-state index in [9.17, 15) is 4.79 Å². The summed E-state index contributed by atoms with van der Waals surface area (Å²) >= 11 is 0. The van der Waals surface area contributed by atoms with Crippen LogP contribution in [0.5, 0.6) is 0 Å². The molecule has 1 nitrogen and oxygen atoms in total. The van der Waals surface area contributed by atoms with Gasteiger partial charge in [0.05, 0.1) is 0 Å². The Bertz CT molecular complexity index is 285. The molecule has 0 unspecified atom stereocenters. The van der Waals surface area contributed by atoms with Gasteiger partial charge in [0.2, 0.25) is 0 Å². The zero-order chi connectivity index (χ0) is 9.31. The largest absolute Gasteiger partial charge is 0.295 e. The SMILES string of the molecule is C[C@]12CC=CCC1=CC(=O)CCC2. The van der Waals surface area contributed by atoms with Gasteiger partial charge in [-0.25, -0.2) is 0 Å². The smallest absolute Gasteiger partial charge is 0.155 e. The van der Waals surface area contributed by atoms with Gasteiger partial charge in [-0.15, -0.1) is 0 Å². The summed E-state index contributed by atoms with van der Waals surface area (Å²) in [6.07, 6.45) is 11.4. The second kappa shape index (κ2) is 3.13. The third kappa shape index (κ3) is 1.60. The molecule has 0 fully saturated rings. The molecule has 0 aromatic rings. The maximum atomic E-state index is 11.4. The van der Waals surface area contributed by atoms with Gasteiger partial charge in [0.1, 0.15) is 0 Å². The van der Waals surface area contributed by atoms with E-state index in [1.165, 1.54) is 12.0 Å². The Labute approximate surface area is 79.5 Å². The van der Waals surface area contributed by atoms with Crippen molar-refractivity contribution in [3.8, 4) is 0 Å². The summed E-state index contributed by atoms with van der Waals surface area (Å²) in [6.45, 7) is 2.29. The molecule has 70 valence electrons. The predicted octanol–water partition coefficient (Wildman–Crippen LogP) is 3.02. The first kappa shape index (κ1) is 8.74. The van der Waals surface area contributed by atoms with E-state index in [4.69, 9.17) is 0 Å². The van der Waals surface area contributed by atoms with Gasteiger partial charge < -0.3 is 0 Å². The summed E-state index contributed by atoms with van der Waals surface area (Å²) in [5, 5.41) is 0. The van der Waals surface area contributed by atoms with Crippen LogP contribution < -0.4 is 0 Å². The quantitative estimate of drug-likeness (QED) is 0.518. The average molecular weight is 176 g/mol. The number of rotatable bonds is 0. The molecule has 13 heavy (non-hydrogen) atoms. The third-order valence-electron chi connectivity index (χ3n) is 3.33. The van der Waals surface area contributed by atoms with E-state index in [1.54, 1.807) is 0 Å². The zero-order valence-corrected chi connectivity index (χ0v) is 8.18. The maximum absolute atomic E-state index is 11.4. The second-order valence-corrected chi connectivity index (χ2v) is 4.43. The zero-order valence-electron chi connectivity index (χ0n) is 8.18. The van der Waals surface area contributed by atoms with Crippen LogP contribution in [-0.2, 0) is 4.79 Å². The highest BCUT2D eigenvalue weighted by molar-refractivity contribution is 5.90. The van der Waals surface area contributed by atoms with E-state index in [0.717, 1.165) is 25.7 Å². The number of fused-ring (bicyclic) bond motifs is 1. The highest BCUT2D eigenvalue weighted by Crippen LogP contribution is 2.43. The van der Waals surface area contributed by atoms with Crippen molar-refractivity contribution in [2.75, 3.05) is 0 Å². The van der Waals surface area contributed by atoms with Crippen LogP contribution in [0.3, 0.4) is 0 Å². The molecule has 0 aromatic heterocycles. The molecular weight excluding hydrogens is 160 g/mol. The number of ketones is 1. The lowest BCUT2D eigenvalue weighted by molar-refractivity contribution is -0.114. The van der Waals surface area contributed by atoms with Crippen LogP contribution in [-0.4, -0.2) is 5.78 Å². The van der Waals surface area contributed by atoms with E-state index < -0.39 is 0 Å². The van der Waals surface area contributed by atoms with Gasteiger partial charge in [-0.05, 0) is 37.2 Å². The maximum Gasteiger partial charge on any atom is 0.155 e. The Hall–Kier alpha value is -0.850. The fourth-order valence-electron chi connectivity index (χ4n) is 2.35. The van der Waals surface area contributed by atoms with Gasteiger partial charge in [-0.1, -0.05) is 24.6 Å². The molecule has 0 aliphatic heterocycles. The van der Waals surface area contributed by atoms with Gasteiger partial charge in [0, 0.05) is 6.42 Å². The fraction of sp³-hybridized carbons (Fsp3) is 0.583. The van der Waals surface area contributed by atoms with E-state index in [2.05, 4.69) is 19.1 Å². The lowest BCUT2D eigenvalue weighted by atomic mass is 9.72. The molecule has 2 rings (SSSR count). The van der Waals surface area contributed by atoms with E-state index in [0.29, 0.717) is 11.2 Å². The first-order valence-electron chi connectivity index (χ1n) is 5.10. The Morgan fingerprint density at radius 2 is 2.23 bits per heavy atom. The Balaban J connectivity index is 2.34. The average Bonchev–Trinajstić information content (AvgIpc) is 2.23. The van der Waals surface area contributed by atoms with Crippen LogP contribution in [0.25, 0.3) is 0 Å². The Morgan fingerprint density at radius 1 is 1.38 bits per heavy atom. The van der Waals surface area contributed by atoms with Gasteiger partial charge in [-0.3, -0.25) is 4.79 Å². The molecule has 0 radical (unpaired) electrons. The first-order valence-corrected chi connectivity index (χ1v) is 5.10. The van der Waals surface area contributed by atoms with Crippen LogP contribution in [0.1, 0.15) is 39.0 Å². The van der Waals surface area contributed by atoms with Crippen molar-refractivity contribution in [1.29, 1.82) is 0 Å². The Kier molecular flexibility index (Phi) is 2.10. The monoisotopic (exact) mass is 176 g/mol. The number of hydrogen-bond acceptors (Lipinski definition) is 1. The van der Waals surface area contributed by atoms with Crippen molar-refractivity contribution in [2.45, 2.75) is 39.0 Å². The van der Waals surface area contributed by atoms with E-state index in [1.807, 2.05) is 6.08 Å².